The summed E-state index contributed by atoms with van der Waals surface area (Å²) in [6.45, 7) is 3.36. The molecule has 2 N–H and O–H groups in total. The molecule has 5 heteroatoms. The van der Waals surface area contributed by atoms with Crippen molar-refractivity contribution in [2.75, 3.05) is 6.54 Å². The zero-order chi connectivity index (χ0) is 18.0. The normalized spacial score (nSPS) is 19.3. The van der Waals surface area contributed by atoms with Crippen molar-refractivity contribution in [2.24, 2.45) is 0 Å². The molecule has 3 aromatic rings. The Labute approximate surface area is 153 Å². The van der Waals surface area contributed by atoms with Crippen LogP contribution in [0.25, 0.3) is 5.69 Å². The van der Waals surface area contributed by atoms with E-state index in [4.69, 9.17) is 0 Å². The van der Waals surface area contributed by atoms with Gasteiger partial charge in [-0.3, -0.25) is 0 Å². The lowest BCUT2D eigenvalue weighted by Gasteiger charge is -2.34. The van der Waals surface area contributed by atoms with Crippen molar-refractivity contribution in [3.63, 3.8) is 0 Å². The van der Waals surface area contributed by atoms with Crippen molar-refractivity contribution in [3.8, 4) is 5.69 Å². The molecule has 2 aromatic carbocycles. The van der Waals surface area contributed by atoms with Crippen LogP contribution < -0.4 is 5.32 Å². The Balaban J connectivity index is 1.43. The maximum atomic E-state index is 11.1. The predicted octanol–water partition coefficient (Wildman–Crippen LogP) is 2.89. The summed E-state index contributed by atoms with van der Waals surface area (Å²) >= 11 is 0. The molecule has 0 fully saturated rings. The van der Waals surface area contributed by atoms with Gasteiger partial charge in [-0.1, -0.05) is 36.4 Å². The molecule has 1 aliphatic carbocycles. The van der Waals surface area contributed by atoms with E-state index < -0.39 is 5.60 Å². The van der Waals surface area contributed by atoms with Crippen molar-refractivity contribution < 1.29 is 5.11 Å². The van der Waals surface area contributed by atoms with E-state index in [2.05, 4.69) is 58.7 Å². The second kappa shape index (κ2) is 7.02. The molecular formula is C21H24N4O. The fourth-order valence-corrected chi connectivity index (χ4v) is 3.91. The third-order valence-electron chi connectivity index (χ3n) is 5.23. The zero-order valence-corrected chi connectivity index (χ0v) is 15.0. The Kier molecular flexibility index (Phi) is 4.57. The highest BCUT2D eigenvalue weighted by Crippen LogP contribution is 2.34. The van der Waals surface area contributed by atoms with Gasteiger partial charge in [-0.25, -0.2) is 9.67 Å². The Hall–Kier alpha value is -2.50. The number of aliphatic hydroxyl groups is 1. The smallest absolute Gasteiger partial charge is 0.138 e. The molecule has 0 bridgehead atoms. The standard InChI is InChI=1S/C21H24N4O/c1-16-11-17(8-9-20(16)25-15-23-14-24-25)12-22-13-21(26)10-4-6-18-5-2-3-7-19(18)21/h2-3,5,7-9,11,14-15,22,26H,4,6,10,12-13H2,1H3. The highest BCUT2D eigenvalue weighted by molar-refractivity contribution is 5.42. The van der Waals surface area contributed by atoms with Crippen LogP contribution in [0.1, 0.15) is 35.1 Å². The highest BCUT2D eigenvalue weighted by Gasteiger charge is 2.33. The van der Waals surface area contributed by atoms with Gasteiger partial charge in [-0.05, 0) is 54.5 Å². The Bertz CT molecular complexity index is 891. The van der Waals surface area contributed by atoms with Crippen molar-refractivity contribution in [3.05, 3.63) is 77.4 Å². The van der Waals surface area contributed by atoms with Crippen LogP contribution in [0.4, 0.5) is 0 Å². The van der Waals surface area contributed by atoms with Crippen LogP contribution in [0, 0.1) is 6.92 Å². The number of aromatic nitrogens is 3. The van der Waals surface area contributed by atoms with E-state index in [0.717, 1.165) is 42.6 Å². The molecule has 1 unspecified atom stereocenters. The first-order valence-electron chi connectivity index (χ1n) is 9.12. The monoisotopic (exact) mass is 348 g/mol. The first-order chi connectivity index (χ1) is 12.7. The average Bonchev–Trinajstić information content (AvgIpc) is 3.17. The van der Waals surface area contributed by atoms with Gasteiger partial charge in [0.05, 0.1) is 5.69 Å². The van der Waals surface area contributed by atoms with Crippen LogP contribution in [0.5, 0.6) is 0 Å². The second-order valence-corrected chi connectivity index (χ2v) is 7.11. The quantitative estimate of drug-likeness (QED) is 0.744. The molecule has 0 aliphatic heterocycles. The maximum Gasteiger partial charge on any atom is 0.138 e. The molecule has 134 valence electrons. The van der Waals surface area contributed by atoms with Gasteiger partial charge < -0.3 is 10.4 Å². The minimum atomic E-state index is -0.773. The second-order valence-electron chi connectivity index (χ2n) is 7.11. The molecule has 1 aliphatic rings. The number of nitrogens with one attached hydrogen (secondary N) is 1. The number of fused-ring (bicyclic) bond motifs is 1. The fourth-order valence-electron chi connectivity index (χ4n) is 3.91. The van der Waals surface area contributed by atoms with E-state index in [1.165, 1.54) is 17.5 Å². The third-order valence-corrected chi connectivity index (χ3v) is 5.23. The number of nitrogens with zero attached hydrogens (tertiary/aromatic N) is 3. The van der Waals surface area contributed by atoms with E-state index in [1.807, 2.05) is 6.07 Å². The molecule has 5 nitrogen and oxygen atoms in total. The van der Waals surface area contributed by atoms with Gasteiger partial charge >= 0.3 is 0 Å². The van der Waals surface area contributed by atoms with E-state index in [0.29, 0.717) is 6.54 Å². The molecule has 0 saturated carbocycles. The molecule has 26 heavy (non-hydrogen) atoms. The van der Waals surface area contributed by atoms with E-state index in [1.54, 1.807) is 11.0 Å². The third kappa shape index (κ3) is 3.28. The Morgan fingerprint density at radius 1 is 1.23 bits per heavy atom. The van der Waals surface area contributed by atoms with Gasteiger partial charge in [0.15, 0.2) is 0 Å². The van der Waals surface area contributed by atoms with Crippen molar-refractivity contribution >= 4 is 0 Å². The summed E-state index contributed by atoms with van der Waals surface area (Å²) in [4.78, 5) is 4.00. The molecule has 0 amide bonds. The number of rotatable bonds is 5. The van der Waals surface area contributed by atoms with Gasteiger partial charge in [0.25, 0.3) is 0 Å². The van der Waals surface area contributed by atoms with Crippen molar-refractivity contribution in [1.82, 2.24) is 20.1 Å². The largest absolute Gasteiger partial charge is 0.384 e. The molecule has 1 atom stereocenters. The molecule has 4 rings (SSSR count). The Morgan fingerprint density at radius 2 is 2.12 bits per heavy atom. The Morgan fingerprint density at radius 3 is 2.92 bits per heavy atom. The number of hydrogen-bond donors (Lipinski definition) is 2. The first-order valence-corrected chi connectivity index (χ1v) is 9.12. The summed E-state index contributed by atoms with van der Waals surface area (Å²) in [5, 5.41) is 18.8. The molecular weight excluding hydrogens is 324 g/mol. The van der Waals surface area contributed by atoms with Gasteiger partial charge in [-0.2, -0.15) is 5.10 Å². The highest BCUT2D eigenvalue weighted by atomic mass is 16.3. The summed E-state index contributed by atoms with van der Waals surface area (Å²) in [6, 6.07) is 14.6. The minimum absolute atomic E-state index is 0.563. The predicted molar refractivity (Wildman–Crippen MR) is 101 cm³/mol. The topological polar surface area (TPSA) is 63.0 Å². The first kappa shape index (κ1) is 16.9. The van der Waals surface area contributed by atoms with Gasteiger partial charge in [0, 0.05) is 13.1 Å². The molecule has 1 heterocycles. The maximum absolute atomic E-state index is 11.1. The molecule has 0 spiro atoms. The van der Waals surface area contributed by atoms with Crippen molar-refractivity contribution in [2.45, 2.75) is 38.3 Å². The van der Waals surface area contributed by atoms with Gasteiger partial charge in [0.1, 0.15) is 18.3 Å². The summed E-state index contributed by atoms with van der Waals surface area (Å²) in [7, 11) is 0. The van der Waals surface area contributed by atoms with Crippen LogP contribution >= 0.6 is 0 Å². The molecule has 1 aromatic heterocycles. The van der Waals surface area contributed by atoms with Gasteiger partial charge in [-0.15, -0.1) is 0 Å². The van der Waals surface area contributed by atoms with Crippen LogP contribution in [-0.4, -0.2) is 26.4 Å². The average molecular weight is 348 g/mol. The zero-order valence-electron chi connectivity index (χ0n) is 15.0. The summed E-state index contributed by atoms with van der Waals surface area (Å²) in [6.07, 6.45) is 6.14. The van der Waals surface area contributed by atoms with Crippen molar-refractivity contribution in [1.29, 1.82) is 0 Å². The molecule has 0 saturated heterocycles. The lowest BCUT2D eigenvalue weighted by Crippen LogP contribution is -2.40. The minimum Gasteiger partial charge on any atom is -0.384 e. The lowest BCUT2D eigenvalue weighted by atomic mass is 9.79. The number of benzene rings is 2. The molecule has 0 radical (unpaired) electrons. The van der Waals surface area contributed by atoms with E-state index in [9.17, 15) is 5.11 Å². The lowest BCUT2D eigenvalue weighted by molar-refractivity contribution is 0.0189. The summed E-state index contributed by atoms with van der Waals surface area (Å²) in [5.74, 6) is 0. The van der Waals surface area contributed by atoms with Gasteiger partial charge in [0.2, 0.25) is 0 Å². The van der Waals surface area contributed by atoms with E-state index in [-0.39, 0.29) is 0 Å². The van der Waals surface area contributed by atoms with E-state index >= 15 is 0 Å². The van der Waals surface area contributed by atoms with Crippen LogP contribution in [-0.2, 0) is 18.6 Å². The van der Waals surface area contributed by atoms with Crippen LogP contribution in [0.2, 0.25) is 0 Å². The fraction of sp³-hybridized carbons (Fsp3) is 0.333. The SMILES string of the molecule is Cc1cc(CNCC2(O)CCCc3ccccc32)ccc1-n1cncn1. The number of hydrogen-bond acceptors (Lipinski definition) is 4. The summed E-state index contributed by atoms with van der Waals surface area (Å²) in [5.41, 5.74) is 4.96. The summed E-state index contributed by atoms with van der Waals surface area (Å²) < 4.78 is 1.77. The van der Waals surface area contributed by atoms with Crippen LogP contribution in [0.3, 0.4) is 0 Å². The van der Waals surface area contributed by atoms with Crippen LogP contribution in [0.15, 0.2) is 55.1 Å². The number of aryl methyl sites for hydroxylation is 2.